The SMILES string of the molecule is COC(=O)[C@@]12CCCC[C@@H]1CN(C(=O)N[C@@H](C)c1nccs1)C2. The van der Waals surface area contributed by atoms with Crippen LogP contribution in [0.4, 0.5) is 4.79 Å². The van der Waals surface area contributed by atoms with Crippen LogP contribution in [0.15, 0.2) is 11.6 Å². The lowest BCUT2D eigenvalue weighted by molar-refractivity contribution is -0.156. The summed E-state index contributed by atoms with van der Waals surface area (Å²) in [4.78, 5) is 31.0. The van der Waals surface area contributed by atoms with Crippen molar-refractivity contribution in [2.24, 2.45) is 11.3 Å². The molecule has 2 aliphatic rings. The molecule has 1 aliphatic heterocycles. The van der Waals surface area contributed by atoms with E-state index < -0.39 is 5.41 Å². The van der Waals surface area contributed by atoms with Gasteiger partial charge in [0.15, 0.2) is 0 Å². The smallest absolute Gasteiger partial charge is 0.317 e. The number of nitrogens with one attached hydrogen (secondary N) is 1. The van der Waals surface area contributed by atoms with Gasteiger partial charge in [-0.05, 0) is 25.7 Å². The third-order valence-electron chi connectivity index (χ3n) is 5.16. The van der Waals surface area contributed by atoms with Crippen molar-refractivity contribution < 1.29 is 14.3 Å². The van der Waals surface area contributed by atoms with E-state index in [4.69, 9.17) is 4.74 Å². The molecule has 23 heavy (non-hydrogen) atoms. The Balaban J connectivity index is 1.69. The molecule has 0 unspecified atom stereocenters. The first-order valence-corrected chi connectivity index (χ1v) is 8.98. The zero-order valence-corrected chi connectivity index (χ0v) is 14.4. The summed E-state index contributed by atoms with van der Waals surface area (Å²) in [6.07, 6.45) is 5.68. The highest BCUT2D eigenvalue weighted by Gasteiger charge is 2.54. The molecule has 2 heterocycles. The molecule has 2 fully saturated rings. The number of amides is 2. The van der Waals surface area contributed by atoms with Crippen LogP contribution in [-0.2, 0) is 9.53 Å². The maximum absolute atomic E-state index is 12.6. The number of carbonyl (C=O) groups excluding carboxylic acids is 2. The Morgan fingerprint density at radius 2 is 2.35 bits per heavy atom. The summed E-state index contributed by atoms with van der Waals surface area (Å²) >= 11 is 1.52. The molecule has 6 nitrogen and oxygen atoms in total. The van der Waals surface area contributed by atoms with Crippen LogP contribution >= 0.6 is 11.3 Å². The summed E-state index contributed by atoms with van der Waals surface area (Å²) in [6, 6.07) is -0.246. The molecule has 3 atom stereocenters. The highest BCUT2D eigenvalue weighted by atomic mass is 32.1. The molecule has 1 aliphatic carbocycles. The van der Waals surface area contributed by atoms with E-state index in [0.717, 1.165) is 30.7 Å². The lowest BCUT2D eigenvalue weighted by Gasteiger charge is -2.35. The Hall–Kier alpha value is -1.63. The standard InChI is InChI=1S/C16H23N3O3S/c1-11(13-17-7-8-23-13)18-15(21)19-9-12-5-3-4-6-16(12,10-19)14(20)22-2/h7-8,11-12H,3-6,9-10H2,1-2H3,(H,18,21)/t11-,12+,16+/m0/s1. The first-order valence-electron chi connectivity index (χ1n) is 8.10. The third kappa shape index (κ3) is 2.94. The van der Waals surface area contributed by atoms with Crippen molar-refractivity contribution in [2.45, 2.75) is 38.6 Å². The third-order valence-corrected chi connectivity index (χ3v) is 6.12. The first kappa shape index (κ1) is 16.2. The number of likely N-dealkylation sites (tertiary alicyclic amines) is 1. The van der Waals surface area contributed by atoms with Gasteiger partial charge in [0.25, 0.3) is 0 Å². The zero-order valence-electron chi connectivity index (χ0n) is 13.6. The van der Waals surface area contributed by atoms with Crippen molar-refractivity contribution in [1.82, 2.24) is 15.2 Å². The lowest BCUT2D eigenvalue weighted by Crippen LogP contribution is -2.44. The predicted molar refractivity (Wildman–Crippen MR) is 87.0 cm³/mol. The van der Waals surface area contributed by atoms with Crippen molar-refractivity contribution in [1.29, 1.82) is 0 Å². The summed E-state index contributed by atoms with van der Waals surface area (Å²) < 4.78 is 5.06. The maximum atomic E-state index is 12.6. The average molecular weight is 337 g/mol. The van der Waals surface area contributed by atoms with Gasteiger partial charge in [0.05, 0.1) is 18.6 Å². The van der Waals surface area contributed by atoms with Gasteiger partial charge in [-0.1, -0.05) is 12.8 Å². The molecule has 3 rings (SSSR count). The van der Waals surface area contributed by atoms with Gasteiger partial charge in [-0.15, -0.1) is 11.3 Å². The molecule has 126 valence electrons. The zero-order chi connectivity index (χ0) is 16.4. The van der Waals surface area contributed by atoms with Gasteiger partial charge in [-0.3, -0.25) is 4.79 Å². The van der Waals surface area contributed by atoms with Gasteiger partial charge in [0.2, 0.25) is 0 Å². The molecular formula is C16H23N3O3S. The van der Waals surface area contributed by atoms with Crippen molar-refractivity contribution in [3.05, 3.63) is 16.6 Å². The summed E-state index contributed by atoms with van der Waals surface area (Å²) in [7, 11) is 1.44. The van der Waals surface area contributed by atoms with Gasteiger partial charge < -0.3 is 15.0 Å². The minimum atomic E-state index is -0.505. The Morgan fingerprint density at radius 1 is 1.52 bits per heavy atom. The van der Waals surface area contributed by atoms with Gasteiger partial charge >= 0.3 is 12.0 Å². The molecule has 0 radical (unpaired) electrons. The number of urea groups is 1. The van der Waals surface area contributed by atoms with E-state index in [9.17, 15) is 9.59 Å². The number of rotatable bonds is 3. The van der Waals surface area contributed by atoms with Crippen LogP contribution in [0.3, 0.4) is 0 Å². The quantitative estimate of drug-likeness (QED) is 0.861. The van der Waals surface area contributed by atoms with Gasteiger partial charge in [0, 0.05) is 24.7 Å². The van der Waals surface area contributed by atoms with Gasteiger partial charge in [0.1, 0.15) is 5.01 Å². The number of thiazole rings is 1. The lowest BCUT2D eigenvalue weighted by atomic mass is 9.68. The Labute approximate surface area is 140 Å². The van der Waals surface area contributed by atoms with Crippen LogP contribution in [0, 0.1) is 11.3 Å². The van der Waals surface area contributed by atoms with Gasteiger partial charge in [-0.2, -0.15) is 0 Å². The van der Waals surface area contributed by atoms with Crippen LogP contribution in [-0.4, -0.2) is 42.1 Å². The molecule has 0 spiro atoms. The average Bonchev–Trinajstić information content (AvgIpc) is 3.21. The number of hydrogen-bond donors (Lipinski definition) is 1. The van der Waals surface area contributed by atoms with Crippen LogP contribution in [0.5, 0.6) is 0 Å². The fourth-order valence-electron chi connectivity index (χ4n) is 3.93. The van der Waals surface area contributed by atoms with Crippen LogP contribution in [0.2, 0.25) is 0 Å². The monoisotopic (exact) mass is 337 g/mol. The molecule has 1 aromatic rings. The number of carbonyl (C=O) groups is 2. The normalized spacial score (nSPS) is 28.1. The highest BCUT2D eigenvalue weighted by molar-refractivity contribution is 7.09. The molecule has 1 N–H and O–H groups in total. The number of nitrogens with zero attached hydrogens (tertiary/aromatic N) is 2. The topological polar surface area (TPSA) is 71.5 Å². The minimum absolute atomic E-state index is 0.120. The first-order chi connectivity index (χ1) is 11.1. The van der Waals surface area contributed by atoms with E-state index in [-0.39, 0.29) is 24.0 Å². The largest absolute Gasteiger partial charge is 0.469 e. The Kier molecular flexibility index (Phi) is 4.57. The molecule has 0 aromatic carbocycles. The van der Waals surface area contributed by atoms with Crippen molar-refractivity contribution in [3.8, 4) is 0 Å². The number of hydrogen-bond acceptors (Lipinski definition) is 5. The molecule has 1 saturated carbocycles. The van der Waals surface area contributed by atoms with E-state index in [1.54, 1.807) is 11.1 Å². The van der Waals surface area contributed by atoms with E-state index in [0.29, 0.717) is 13.1 Å². The van der Waals surface area contributed by atoms with Gasteiger partial charge in [-0.25, -0.2) is 9.78 Å². The van der Waals surface area contributed by atoms with E-state index in [1.165, 1.54) is 18.4 Å². The van der Waals surface area contributed by atoms with Crippen molar-refractivity contribution >= 4 is 23.3 Å². The fourth-order valence-corrected chi connectivity index (χ4v) is 4.58. The molecule has 2 amide bonds. The number of methoxy groups -OCH3 is 1. The van der Waals surface area contributed by atoms with Crippen molar-refractivity contribution in [2.75, 3.05) is 20.2 Å². The fraction of sp³-hybridized carbons (Fsp3) is 0.688. The summed E-state index contributed by atoms with van der Waals surface area (Å²) in [5.41, 5.74) is -0.505. The second-order valence-corrected chi connectivity index (χ2v) is 7.44. The maximum Gasteiger partial charge on any atom is 0.317 e. The second kappa shape index (κ2) is 6.47. The number of aromatic nitrogens is 1. The molecule has 1 saturated heterocycles. The summed E-state index contributed by atoms with van der Waals surface area (Å²) in [5.74, 6) is 0.0510. The Morgan fingerprint density at radius 3 is 3.04 bits per heavy atom. The molecule has 7 heteroatoms. The number of ether oxygens (including phenoxy) is 1. The second-order valence-electron chi connectivity index (χ2n) is 6.51. The summed E-state index contributed by atoms with van der Waals surface area (Å²) in [6.45, 7) is 3.02. The molecule has 1 aromatic heterocycles. The number of fused-ring (bicyclic) bond motifs is 1. The van der Waals surface area contributed by atoms with E-state index >= 15 is 0 Å². The van der Waals surface area contributed by atoms with Crippen molar-refractivity contribution in [3.63, 3.8) is 0 Å². The van der Waals surface area contributed by atoms with Crippen LogP contribution in [0.1, 0.15) is 43.7 Å². The van der Waals surface area contributed by atoms with Crippen LogP contribution < -0.4 is 5.32 Å². The minimum Gasteiger partial charge on any atom is -0.469 e. The number of esters is 1. The summed E-state index contributed by atoms with van der Waals surface area (Å²) in [5, 5.41) is 5.78. The van der Waals surface area contributed by atoms with Crippen LogP contribution in [0.25, 0.3) is 0 Å². The highest BCUT2D eigenvalue weighted by Crippen LogP contribution is 2.47. The van der Waals surface area contributed by atoms with E-state index in [2.05, 4.69) is 10.3 Å². The van der Waals surface area contributed by atoms with E-state index in [1.807, 2.05) is 12.3 Å². The molecule has 0 bridgehead atoms. The predicted octanol–water partition coefficient (Wildman–Crippen LogP) is 2.58. The Bertz CT molecular complexity index is 577. The molecular weight excluding hydrogens is 314 g/mol.